The lowest BCUT2D eigenvalue weighted by Gasteiger charge is -2.17. The van der Waals surface area contributed by atoms with Crippen LogP contribution in [-0.2, 0) is 0 Å². The number of rotatable bonds is 3. The number of nitrogens with zero attached hydrogens (tertiary/aromatic N) is 1. The fourth-order valence-corrected chi connectivity index (χ4v) is 0.399. The lowest BCUT2D eigenvalue weighted by molar-refractivity contribution is 0.322. The summed E-state index contributed by atoms with van der Waals surface area (Å²) >= 11 is 0. The van der Waals surface area contributed by atoms with Crippen molar-refractivity contribution >= 4 is 0 Å². The van der Waals surface area contributed by atoms with Gasteiger partial charge in [0.2, 0.25) is 0 Å². The fourth-order valence-electron chi connectivity index (χ4n) is 0.399. The Kier molecular flexibility index (Phi) is 4.14. The van der Waals surface area contributed by atoms with Gasteiger partial charge in [0.15, 0.2) is 0 Å². The quantitative estimate of drug-likeness (QED) is 0.461. The zero-order valence-corrected chi connectivity index (χ0v) is 6.46. The normalized spacial score (nSPS) is 11.2. The number of hydrazine groups is 1. The minimum absolute atomic E-state index is 0.396. The van der Waals surface area contributed by atoms with Crippen molar-refractivity contribution in [3.63, 3.8) is 0 Å². The summed E-state index contributed by atoms with van der Waals surface area (Å²) < 4.78 is 0. The van der Waals surface area contributed by atoms with Crippen molar-refractivity contribution < 1.29 is 0 Å². The molecule has 0 aliphatic rings. The average Bonchev–Trinajstić information content (AvgIpc) is 1.82. The molecule has 2 N–H and O–H groups in total. The Bertz CT molecular complexity index is 86.9. The first kappa shape index (κ1) is 8.50. The highest BCUT2D eigenvalue weighted by Crippen LogP contribution is 1.90. The molecule has 0 rings (SSSR count). The summed E-state index contributed by atoms with van der Waals surface area (Å²) in [6.45, 7) is 6.20. The molecule has 0 aliphatic carbocycles. The number of allylic oxidation sites excluding steroid dienone is 1. The molecule has 0 fully saturated rings. The van der Waals surface area contributed by atoms with Crippen LogP contribution in [0.4, 0.5) is 0 Å². The van der Waals surface area contributed by atoms with E-state index in [-0.39, 0.29) is 0 Å². The molecule has 0 aromatic rings. The molecule has 54 valence electrons. The summed E-state index contributed by atoms with van der Waals surface area (Å²) in [5, 5.41) is 1.70. The van der Waals surface area contributed by atoms with Crippen molar-refractivity contribution in [3.8, 4) is 0 Å². The second-order valence-electron chi connectivity index (χ2n) is 2.33. The molecule has 0 heterocycles. The van der Waals surface area contributed by atoms with E-state index in [9.17, 15) is 0 Å². The molecule has 0 bridgehead atoms. The Morgan fingerprint density at radius 2 is 2.11 bits per heavy atom. The van der Waals surface area contributed by atoms with Crippen LogP contribution in [0.1, 0.15) is 27.2 Å². The minimum atomic E-state index is 0.396. The third kappa shape index (κ3) is 4.03. The second kappa shape index (κ2) is 4.39. The predicted octanol–water partition coefficient (Wildman–Crippen LogP) is 1.49. The van der Waals surface area contributed by atoms with Gasteiger partial charge in [-0.1, -0.05) is 13.0 Å². The highest BCUT2D eigenvalue weighted by atomic mass is 15.4. The molecular formula is C7H16N2. The van der Waals surface area contributed by atoms with Crippen LogP contribution in [0.3, 0.4) is 0 Å². The highest BCUT2D eigenvalue weighted by Gasteiger charge is 1.93. The van der Waals surface area contributed by atoms with E-state index < -0.39 is 0 Å². The van der Waals surface area contributed by atoms with Gasteiger partial charge in [0.1, 0.15) is 0 Å². The summed E-state index contributed by atoms with van der Waals surface area (Å²) in [7, 11) is 0. The molecule has 0 radical (unpaired) electrons. The van der Waals surface area contributed by atoms with E-state index in [1.165, 1.54) is 0 Å². The molecule has 0 unspecified atom stereocenters. The summed E-state index contributed by atoms with van der Waals surface area (Å²) in [5.41, 5.74) is 0. The SMILES string of the molecule is CC/C=C\N(N)C(C)C. The van der Waals surface area contributed by atoms with Crippen LogP contribution >= 0.6 is 0 Å². The van der Waals surface area contributed by atoms with E-state index in [1.807, 2.05) is 12.3 Å². The fraction of sp³-hybridized carbons (Fsp3) is 0.714. The van der Waals surface area contributed by atoms with Crippen LogP contribution in [-0.4, -0.2) is 11.1 Å². The highest BCUT2D eigenvalue weighted by molar-refractivity contribution is 4.79. The van der Waals surface area contributed by atoms with Crippen LogP contribution in [0.5, 0.6) is 0 Å². The Morgan fingerprint density at radius 1 is 1.56 bits per heavy atom. The van der Waals surface area contributed by atoms with Gasteiger partial charge < -0.3 is 5.01 Å². The monoisotopic (exact) mass is 128 g/mol. The first-order chi connectivity index (χ1) is 4.18. The van der Waals surface area contributed by atoms with E-state index >= 15 is 0 Å². The summed E-state index contributed by atoms with van der Waals surface area (Å²) in [6.07, 6.45) is 4.99. The standard InChI is InChI=1S/C7H16N2/c1-4-5-6-9(8)7(2)3/h5-7H,4,8H2,1-3H3/b6-5-. The number of nitrogens with two attached hydrogens (primary N) is 1. The van der Waals surface area contributed by atoms with Crippen LogP contribution in [0, 0.1) is 0 Å². The van der Waals surface area contributed by atoms with Gasteiger partial charge in [-0.3, -0.25) is 0 Å². The smallest absolute Gasteiger partial charge is 0.0389 e. The van der Waals surface area contributed by atoms with Gasteiger partial charge in [-0.2, -0.15) is 0 Å². The molecule has 0 aromatic heterocycles. The molecule has 9 heavy (non-hydrogen) atoms. The van der Waals surface area contributed by atoms with Gasteiger partial charge in [-0.25, -0.2) is 5.84 Å². The van der Waals surface area contributed by atoms with Gasteiger partial charge >= 0.3 is 0 Å². The third-order valence-corrected chi connectivity index (χ3v) is 1.11. The molecule has 0 aromatic carbocycles. The molecule has 2 nitrogen and oxygen atoms in total. The maximum absolute atomic E-state index is 5.55. The predicted molar refractivity (Wildman–Crippen MR) is 40.6 cm³/mol. The van der Waals surface area contributed by atoms with E-state index in [0.717, 1.165) is 6.42 Å². The molecule has 0 amide bonds. The van der Waals surface area contributed by atoms with Gasteiger partial charge in [0.25, 0.3) is 0 Å². The third-order valence-electron chi connectivity index (χ3n) is 1.11. The van der Waals surface area contributed by atoms with Crippen molar-refractivity contribution in [1.82, 2.24) is 5.01 Å². The van der Waals surface area contributed by atoms with Crippen molar-refractivity contribution in [2.75, 3.05) is 0 Å². The topological polar surface area (TPSA) is 29.3 Å². The van der Waals surface area contributed by atoms with Crippen molar-refractivity contribution in [2.24, 2.45) is 5.84 Å². The minimum Gasteiger partial charge on any atom is -0.316 e. The van der Waals surface area contributed by atoms with Crippen LogP contribution in [0.2, 0.25) is 0 Å². The van der Waals surface area contributed by atoms with Gasteiger partial charge in [0, 0.05) is 12.2 Å². The average molecular weight is 128 g/mol. The zero-order valence-electron chi connectivity index (χ0n) is 6.46. The van der Waals surface area contributed by atoms with Gasteiger partial charge in [-0.15, -0.1) is 0 Å². The maximum atomic E-state index is 5.55. The van der Waals surface area contributed by atoms with E-state index in [0.29, 0.717) is 6.04 Å². The lowest BCUT2D eigenvalue weighted by atomic mass is 10.4. The molecule has 2 heteroatoms. The zero-order chi connectivity index (χ0) is 7.28. The number of hydrogen-bond donors (Lipinski definition) is 1. The second-order valence-corrected chi connectivity index (χ2v) is 2.33. The van der Waals surface area contributed by atoms with Crippen molar-refractivity contribution in [2.45, 2.75) is 33.2 Å². The Morgan fingerprint density at radius 3 is 2.44 bits per heavy atom. The van der Waals surface area contributed by atoms with E-state index in [2.05, 4.69) is 20.8 Å². The molecule has 0 atom stereocenters. The summed E-state index contributed by atoms with van der Waals surface area (Å²) in [5.74, 6) is 5.55. The Labute approximate surface area is 57.3 Å². The molecule has 0 saturated heterocycles. The lowest BCUT2D eigenvalue weighted by Crippen LogP contribution is -2.31. The van der Waals surface area contributed by atoms with Crippen LogP contribution in [0.15, 0.2) is 12.3 Å². The maximum Gasteiger partial charge on any atom is 0.0389 e. The van der Waals surface area contributed by atoms with Crippen molar-refractivity contribution in [1.29, 1.82) is 0 Å². The summed E-state index contributed by atoms with van der Waals surface area (Å²) in [4.78, 5) is 0. The first-order valence-corrected chi connectivity index (χ1v) is 3.38. The molecular weight excluding hydrogens is 112 g/mol. The Balaban J connectivity index is 3.48. The van der Waals surface area contributed by atoms with E-state index in [1.54, 1.807) is 5.01 Å². The number of hydrogen-bond acceptors (Lipinski definition) is 2. The van der Waals surface area contributed by atoms with Gasteiger partial charge in [0.05, 0.1) is 0 Å². The van der Waals surface area contributed by atoms with Crippen molar-refractivity contribution in [3.05, 3.63) is 12.3 Å². The van der Waals surface area contributed by atoms with E-state index in [4.69, 9.17) is 5.84 Å². The van der Waals surface area contributed by atoms with Gasteiger partial charge in [-0.05, 0) is 20.3 Å². The molecule has 0 saturated carbocycles. The first-order valence-electron chi connectivity index (χ1n) is 3.38. The van der Waals surface area contributed by atoms with Crippen LogP contribution in [0.25, 0.3) is 0 Å². The largest absolute Gasteiger partial charge is 0.316 e. The molecule has 0 spiro atoms. The van der Waals surface area contributed by atoms with Crippen LogP contribution < -0.4 is 5.84 Å². The summed E-state index contributed by atoms with van der Waals surface area (Å²) in [6, 6.07) is 0.396. The molecule has 0 aliphatic heterocycles. The Hall–Kier alpha value is -0.500.